The van der Waals surface area contributed by atoms with Crippen LogP contribution in [0.5, 0.6) is 0 Å². The molecule has 0 bridgehead atoms. The lowest BCUT2D eigenvalue weighted by atomic mass is 9.79. The fourth-order valence-corrected chi connectivity index (χ4v) is 3.81. The van der Waals surface area contributed by atoms with Crippen molar-refractivity contribution in [2.24, 2.45) is 0 Å². The summed E-state index contributed by atoms with van der Waals surface area (Å²) in [5, 5.41) is 0. The second kappa shape index (κ2) is 8.63. The molecule has 1 aliphatic rings. The van der Waals surface area contributed by atoms with Crippen LogP contribution < -0.4 is 4.90 Å². The highest BCUT2D eigenvalue weighted by molar-refractivity contribution is 6.03. The molecule has 1 aliphatic heterocycles. The Labute approximate surface area is 146 Å². The summed E-state index contributed by atoms with van der Waals surface area (Å²) >= 11 is 0. The summed E-state index contributed by atoms with van der Waals surface area (Å²) in [6.07, 6.45) is 3.85. The van der Waals surface area contributed by atoms with Crippen LogP contribution in [0.3, 0.4) is 0 Å². The fourth-order valence-electron chi connectivity index (χ4n) is 3.81. The van der Waals surface area contributed by atoms with Gasteiger partial charge in [0.25, 0.3) is 0 Å². The summed E-state index contributed by atoms with van der Waals surface area (Å²) in [4.78, 5) is 18.0. The fraction of sp³-hybridized carbons (Fsp3) is 0.650. The van der Waals surface area contributed by atoms with Gasteiger partial charge in [-0.2, -0.15) is 0 Å². The molecule has 1 heterocycles. The highest BCUT2D eigenvalue weighted by Crippen LogP contribution is 2.32. The van der Waals surface area contributed by atoms with E-state index in [-0.39, 0.29) is 11.3 Å². The van der Waals surface area contributed by atoms with Gasteiger partial charge in [-0.15, -0.1) is 0 Å². The average molecular weight is 332 g/mol. The minimum atomic E-state index is -0.382. The lowest BCUT2D eigenvalue weighted by molar-refractivity contribution is -0.0209. The van der Waals surface area contributed by atoms with Crippen molar-refractivity contribution in [3.05, 3.63) is 29.8 Å². The van der Waals surface area contributed by atoms with Crippen LogP contribution in [0.2, 0.25) is 0 Å². The van der Waals surface area contributed by atoms with Crippen molar-refractivity contribution in [3.63, 3.8) is 0 Å². The van der Waals surface area contributed by atoms with Gasteiger partial charge < -0.3 is 9.64 Å². The molecule has 1 saturated heterocycles. The van der Waals surface area contributed by atoms with Gasteiger partial charge in [0.1, 0.15) is 0 Å². The number of morpholine rings is 1. The van der Waals surface area contributed by atoms with Gasteiger partial charge in [-0.05, 0) is 37.1 Å². The second-order valence-electron chi connectivity index (χ2n) is 6.90. The van der Waals surface area contributed by atoms with Crippen LogP contribution in [0.4, 0.5) is 5.69 Å². The third-order valence-electron chi connectivity index (χ3n) is 5.01. The highest BCUT2D eigenvalue weighted by atomic mass is 16.5. The van der Waals surface area contributed by atoms with Gasteiger partial charge in [-0.1, -0.05) is 26.7 Å². The molecule has 0 aliphatic carbocycles. The Bertz CT molecular complexity index is 513. The minimum Gasteiger partial charge on any atom is -0.379 e. The zero-order valence-electron chi connectivity index (χ0n) is 15.7. The van der Waals surface area contributed by atoms with Crippen LogP contribution in [0.1, 0.15) is 49.9 Å². The quantitative estimate of drug-likeness (QED) is 0.681. The molecule has 4 nitrogen and oxygen atoms in total. The third kappa shape index (κ3) is 3.98. The Morgan fingerprint density at radius 1 is 1.08 bits per heavy atom. The van der Waals surface area contributed by atoms with E-state index in [0.29, 0.717) is 0 Å². The van der Waals surface area contributed by atoms with Crippen LogP contribution in [0.15, 0.2) is 24.3 Å². The molecular weight excluding hydrogens is 300 g/mol. The summed E-state index contributed by atoms with van der Waals surface area (Å²) in [5.41, 5.74) is 1.57. The predicted octanol–water partition coefficient (Wildman–Crippen LogP) is 3.61. The lowest BCUT2D eigenvalue weighted by Gasteiger charge is -2.45. The first-order chi connectivity index (χ1) is 11.5. The van der Waals surface area contributed by atoms with E-state index in [1.165, 1.54) is 0 Å². The van der Waals surface area contributed by atoms with Crippen molar-refractivity contribution in [1.82, 2.24) is 4.90 Å². The topological polar surface area (TPSA) is 32.8 Å². The zero-order chi connectivity index (χ0) is 17.6. The number of nitrogens with zero attached hydrogens (tertiary/aromatic N) is 2. The molecule has 0 saturated carbocycles. The van der Waals surface area contributed by atoms with Gasteiger partial charge in [0.05, 0.1) is 18.8 Å². The van der Waals surface area contributed by atoms with Gasteiger partial charge in [-0.3, -0.25) is 9.69 Å². The maximum Gasteiger partial charge on any atom is 0.183 e. The van der Waals surface area contributed by atoms with Gasteiger partial charge in [0.2, 0.25) is 0 Å². The van der Waals surface area contributed by atoms with Crippen molar-refractivity contribution >= 4 is 11.5 Å². The number of ether oxygens (including phenoxy) is 1. The maximum atomic E-state index is 13.5. The van der Waals surface area contributed by atoms with E-state index < -0.39 is 0 Å². The molecule has 0 atom stereocenters. The number of anilines is 1. The number of rotatable bonds is 8. The molecule has 134 valence electrons. The smallest absolute Gasteiger partial charge is 0.183 e. The summed E-state index contributed by atoms with van der Waals surface area (Å²) in [6, 6.07) is 8.04. The SMILES string of the molecule is CCCC(CCC)(C(=O)c1ccc(N(C)C)cc1)N1CCOCC1. The molecule has 4 heteroatoms. The number of carbonyl (C=O) groups excluding carboxylic acids is 1. The van der Waals surface area contributed by atoms with Crippen LogP contribution in [0.25, 0.3) is 0 Å². The van der Waals surface area contributed by atoms with E-state index in [9.17, 15) is 4.79 Å². The van der Waals surface area contributed by atoms with Crippen molar-refractivity contribution in [3.8, 4) is 0 Å². The first kappa shape index (κ1) is 18.9. The van der Waals surface area contributed by atoms with E-state index in [1.54, 1.807) is 0 Å². The first-order valence-electron chi connectivity index (χ1n) is 9.20. The standard InChI is InChI=1S/C20H32N2O2/c1-5-11-20(12-6-2,22-13-15-24-16-14-22)19(23)17-7-9-18(10-8-17)21(3)4/h7-10H,5-6,11-16H2,1-4H3. The van der Waals surface area contributed by atoms with Crippen LogP contribution >= 0.6 is 0 Å². The van der Waals surface area contributed by atoms with Crippen molar-refractivity contribution in [1.29, 1.82) is 0 Å². The minimum absolute atomic E-state index is 0.276. The number of ketones is 1. The molecule has 0 spiro atoms. The molecule has 0 N–H and O–H groups in total. The largest absolute Gasteiger partial charge is 0.379 e. The van der Waals surface area contributed by atoms with Crippen molar-refractivity contribution < 1.29 is 9.53 Å². The lowest BCUT2D eigenvalue weighted by Crippen LogP contribution is -2.58. The van der Waals surface area contributed by atoms with E-state index in [0.717, 1.165) is 63.2 Å². The molecule has 2 rings (SSSR count). The number of hydrogen-bond acceptors (Lipinski definition) is 4. The Morgan fingerprint density at radius 3 is 2.08 bits per heavy atom. The molecule has 0 unspecified atom stereocenters. The van der Waals surface area contributed by atoms with Gasteiger partial charge in [0, 0.05) is 38.4 Å². The summed E-state index contributed by atoms with van der Waals surface area (Å²) < 4.78 is 5.52. The Balaban J connectivity index is 2.34. The zero-order valence-corrected chi connectivity index (χ0v) is 15.7. The van der Waals surface area contributed by atoms with Gasteiger partial charge in [0.15, 0.2) is 5.78 Å². The number of Topliss-reactive ketones (excluding diaryl/α,β-unsaturated/α-hetero) is 1. The number of hydrogen-bond donors (Lipinski definition) is 0. The second-order valence-corrected chi connectivity index (χ2v) is 6.90. The number of carbonyl (C=O) groups is 1. The van der Waals surface area contributed by atoms with E-state index in [4.69, 9.17) is 4.74 Å². The van der Waals surface area contributed by atoms with E-state index >= 15 is 0 Å². The van der Waals surface area contributed by atoms with Gasteiger partial charge in [-0.25, -0.2) is 0 Å². The van der Waals surface area contributed by atoms with E-state index in [2.05, 4.69) is 23.6 Å². The maximum absolute atomic E-state index is 13.5. The van der Waals surface area contributed by atoms with Gasteiger partial charge >= 0.3 is 0 Å². The monoisotopic (exact) mass is 332 g/mol. The van der Waals surface area contributed by atoms with Crippen molar-refractivity contribution in [2.75, 3.05) is 45.3 Å². The molecule has 0 radical (unpaired) electrons. The average Bonchev–Trinajstić information content (AvgIpc) is 2.61. The predicted molar refractivity (Wildman–Crippen MR) is 100 cm³/mol. The van der Waals surface area contributed by atoms with Crippen LogP contribution in [-0.2, 0) is 4.74 Å². The molecule has 1 aromatic carbocycles. The number of benzene rings is 1. The summed E-state index contributed by atoms with van der Waals surface area (Å²) in [6.45, 7) is 7.49. The summed E-state index contributed by atoms with van der Waals surface area (Å²) in [5.74, 6) is 0.276. The Morgan fingerprint density at radius 2 is 1.62 bits per heavy atom. The first-order valence-corrected chi connectivity index (χ1v) is 9.20. The Kier molecular flexibility index (Phi) is 6.81. The van der Waals surface area contributed by atoms with Crippen LogP contribution in [-0.4, -0.2) is 56.6 Å². The summed E-state index contributed by atoms with van der Waals surface area (Å²) in [7, 11) is 4.03. The normalized spacial score (nSPS) is 16.2. The molecule has 0 aromatic heterocycles. The molecular formula is C20H32N2O2. The van der Waals surface area contributed by atoms with Crippen molar-refractivity contribution in [2.45, 2.75) is 45.1 Å². The Hall–Kier alpha value is -1.39. The highest BCUT2D eigenvalue weighted by Gasteiger charge is 2.43. The molecule has 24 heavy (non-hydrogen) atoms. The van der Waals surface area contributed by atoms with Crippen LogP contribution in [0, 0.1) is 0 Å². The molecule has 1 fully saturated rings. The molecule has 0 amide bonds. The molecule has 1 aromatic rings. The third-order valence-corrected chi connectivity index (χ3v) is 5.01. The van der Waals surface area contributed by atoms with E-state index in [1.807, 2.05) is 38.4 Å².